The summed E-state index contributed by atoms with van der Waals surface area (Å²) in [5.41, 5.74) is 2.10. The fourth-order valence-corrected chi connectivity index (χ4v) is 4.36. The van der Waals surface area contributed by atoms with Gasteiger partial charge in [0.2, 0.25) is 0 Å². The first-order valence-electron chi connectivity index (χ1n) is 9.83. The third-order valence-electron chi connectivity index (χ3n) is 5.61. The minimum absolute atomic E-state index is 0.154. The Hall–Kier alpha value is -2.47. The fraction of sp³-hybridized carbons (Fsp3) is 0.391. The predicted octanol–water partition coefficient (Wildman–Crippen LogP) is 6.30. The Morgan fingerprint density at radius 1 is 0.931 bits per heavy atom. The Bertz CT molecular complexity index is 1040. The summed E-state index contributed by atoms with van der Waals surface area (Å²) in [4.78, 5) is 0. The predicted molar refractivity (Wildman–Crippen MR) is 107 cm³/mol. The quantitative estimate of drug-likeness (QED) is 0.507. The van der Waals surface area contributed by atoms with E-state index in [1.165, 1.54) is 12.1 Å². The van der Waals surface area contributed by atoms with Gasteiger partial charge < -0.3 is 4.74 Å². The van der Waals surface area contributed by atoms with Crippen LogP contribution in [0.3, 0.4) is 0 Å². The third-order valence-corrected chi connectivity index (χ3v) is 5.61. The van der Waals surface area contributed by atoms with Crippen molar-refractivity contribution >= 4 is 10.8 Å². The first-order valence-corrected chi connectivity index (χ1v) is 9.83. The van der Waals surface area contributed by atoms with E-state index in [0.717, 1.165) is 35.4 Å². The van der Waals surface area contributed by atoms with E-state index in [9.17, 15) is 13.2 Å². The SMILES string of the molecule is Cc1cc(C(F)(F)F)ccc1-c1nnc([C@H]2CC(C)O[C@@H](C)C2)c2ccccc12. The molecule has 1 saturated heterocycles. The summed E-state index contributed by atoms with van der Waals surface area (Å²) in [6, 6.07) is 11.6. The summed E-state index contributed by atoms with van der Waals surface area (Å²) >= 11 is 0. The number of hydrogen-bond donors (Lipinski definition) is 0. The van der Waals surface area contributed by atoms with Crippen molar-refractivity contribution in [2.24, 2.45) is 0 Å². The number of benzene rings is 2. The number of nitrogens with zero attached hydrogens (tertiary/aromatic N) is 2. The molecule has 152 valence electrons. The van der Waals surface area contributed by atoms with Gasteiger partial charge in [0.15, 0.2) is 0 Å². The van der Waals surface area contributed by atoms with E-state index in [4.69, 9.17) is 4.74 Å². The molecule has 2 aromatic carbocycles. The lowest BCUT2D eigenvalue weighted by molar-refractivity contribution is -0.137. The molecule has 0 saturated carbocycles. The Balaban J connectivity index is 1.82. The maximum atomic E-state index is 13.0. The van der Waals surface area contributed by atoms with E-state index < -0.39 is 11.7 Å². The third kappa shape index (κ3) is 3.86. The molecule has 0 bridgehead atoms. The standard InChI is InChI=1S/C23H23F3N2O/c1-13-10-17(23(24,25)26)8-9-18(13)22-20-7-5-4-6-19(20)21(27-28-22)16-11-14(2)29-15(3)12-16/h4-10,14-16H,11-12H2,1-3H3/t14-,15?,16+/m0/s1. The van der Waals surface area contributed by atoms with Crippen LogP contribution in [0.1, 0.15) is 49.4 Å². The van der Waals surface area contributed by atoms with Gasteiger partial charge in [-0.2, -0.15) is 18.3 Å². The number of aryl methyl sites for hydroxylation is 1. The van der Waals surface area contributed by atoms with E-state index in [2.05, 4.69) is 24.0 Å². The van der Waals surface area contributed by atoms with Crippen molar-refractivity contribution in [1.29, 1.82) is 0 Å². The Morgan fingerprint density at radius 2 is 1.59 bits per heavy atom. The second-order valence-electron chi connectivity index (χ2n) is 7.93. The fourth-order valence-electron chi connectivity index (χ4n) is 4.36. The molecule has 0 amide bonds. The van der Waals surface area contributed by atoms with Crippen LogP contribution in [0.25, 0.3) is 22.0 Å². The van der Waals surface area contributed by atoms with Gasteiger partial charge in [-0.1, -0.05) is 30.3 Å². The smallest absolute Gasteiger partial charge is 0.376 e. The minimum Gasteiger partial charge on any atom is -0.376 e. The monoisotopic (exact) mass is 400 g/mol. The van der Waals surface area contributed by atoms with E-state index in [0.29, 0.717) is 16.8 Å². The lowest BCUT2D eigenvalue weighted by Crippen LogP contribution is -2.28. The highest BCUT2D eigenvalue weighted by atomic mass is 19.4. The molecule has 1 aliphatic rings. The van der Waals surface area contributed by atoms with Crippen molar-refractivity contribution in [3.63, 3.8) is 0 Å². The Morgan fingerprint density at radius 3 is 2.21 bits per heavy atom. The van der Waals surface area contributed by atoms with E-state index >= 15 is 0 Å². The van der Waals surface area contributed by atoms with Crippen molar-refractivity contribution < 1.29 is 17.9 Å². The zero-order chi connectivity index (χ0) is 20.8. The van der Waals surface area contributed by atoms with Gasteiger partial charge in [0.1, 0.15) is 5.69 Å². The lowest BCUT2D eigenvalue weighted by atomic mass is 9.87. The van der Waals surface area contributed by atoms with Gasteiger partial charge in [-0.15, -0.1) is 5.10 Å². The minimum atomic E-state index is -4.36. The number of aromatic nitrogens is 2. The zero-order valence-electron chi connectivity index (χ0n) is 16.6. The van der Waals surface area contributed by atoms with Crippen LogP contribution in [0.15, 0.2) is 42.5 Å². The molecular weight excluding hydrogens is 377 g/mol. The molecule has 0 N–H and O–H groups in total. The highest BCUT2D eigenvalue weighted by Gasteiger charge is 2.31. The summed E-state index contributed by atoms with van der Waals surface area (Å²) in [6.07, 6.45) is -2.30. The van der Waals surface area contributed by atoms with Gasteiger partial charge in [0.25, 0.3) is 0 Å². The number of halogens is 3. The van der Waals surface area contributed by atoms with E-state index in [-0.39, 0.29) is 18.1 Å². The molecular formula is C23H23F3N2O. The van der Waals surface area contributed by atoms with Crippen molar-refractivity contribution in [1.82, 2.24) is 10.2 Å². The summed E-state index contributed by atoms with van der Waals surface area (Å²) in [5.74, 6) is 0.244. The van der Waals surface area contributed by atoms with Gasteiger partial charge in [0.05, 0.1) is 23.5 Å². The summed E-state index contributed by atoms with van der Waals surface area (Å²) < 4.78 is 45.0. The highest BCUT2D eigenvalue weighted by Crippen LogP contribution is 2.39. The molecule has 1 fully saturated rings. The molecule has 0 spiro atoms. The molecule has 3 aromatic rings. The number of alkyl halides is 3. The number of ether oxygens (including phenoxy) is 1. The zero-order valence-corrected chi connectivity index (χ0v) is 16.6. The first-order chi connectivity index (χ1) is 13.7. The average molecular weight is 400 g/mol. The second-order valence-corrected chi connectivity index (χ2v) is 7.93. The molecule has 4 rings (SSSR count). The number of fused-ring (bicyclic) bond motifs is 1. The molecule has 0 radical (unpaired) electrons. The molecule has 29 heavy (non-hydrogen) atoms. The lowest BCUT2D eigenvalue weighted by Gasteiger charge is -2.32. The van der Waals surface area contributed by atoms with Crippen molar-refractivity contribution in [3.8, 4) is 11.3 Å². The summed E-state index contributed by atoms with van der Waals surface area (Å²) in [5, 5.41) is 11.0. The largest absolute Gasteiger partial charge is 0.416 e. The Labute approximate surface area is 167 Å². The average Bonchev–Trinajstić information content (AvgIpc) is 2.66. The van der Waals surface area contributed by atoms with Gasteiger partial charge in [-0.05, 0) is 51.3 Å². The van der Waals surface area contributed by atoms with Crippen LogP contribution in [-0.2, 0) is 10.9 Å². The Kier molecular flexibility index (Phi) is 5.07. The molecule has 0 aliphatic carbocycles. The molecule has 3 atom stereocenters. The number of rotatable bonds is 2. The van der Waals surface area contributed by atoms with Gasteiger partial charge in [-0.25, -0.2) is 0 Å². The van der Waals surface area contributed by atoms with Crippen LogP contribution >= 0.6 is 0 Å². The van der Waals surface area contributed by atoms with Crippen LogP contribution < -0.4 is 0 Å². The maximum absolute atomic E-state index is 13.0. The molecule has 1 aliphatic heterocycles. The first kappa shape index (κ1) is 19.8. The number of hydrogen-bond acceptors (Lipinski definition) is 3. The van der Waals surface area contributed by atoms with Crippen molar-refractivity contribution in [2.75, 3.05) is 0 Å². The topological polar surface area (TPSA) is 35.0 Å². The van der Waals surface area contributed by atoms with Crippen LogP contribution in [0.4, 0.5) is 13.2 Å². The van der Waals surface area contributed by atoms with E-state index in [1.807, 2.05) is 24.3 Å². The molecule has 6 heteroatoms. The molecule has 3 nitrogen and oxygen atoms in total. The summed E-state index contributed by atoms with van der Waals surface area (Å²) in [6.45, 7) is 5.81. The molecule has 1 aromatic heterocycles. The van der Waals surface area contributed by atoms with Crippen LogP contribution in [0.2, 0.25) is 0 Å². The van der Waals surface area contributed by atoms with Crippen LogP contribution in [0.5, 0.6) is 0 Å². The second kappa shape index (κ2) is 7.41. The maximum Gasteiger partial charge on any atom is 0.416 e. The normalized spacial score (nSPS) is 22.8. The van der Waals surface area contributed by atoms with Crippen LogP contribution in [0, 0.1) is 6.92 Å². The molecule has 2 heterocycles. The molecule has 1 unspecified atom stereocenters. The van der Waals surface area contributed by atoms with Crippen molar-refractivity contribution in [3.05, 3.63) is 59.3 Å². The van der Waals surface area contributed by atoms with Gasteiger partial charge in [0, 0.05) is 22.3 Å². The summed E-state index contributed by atoms with van der Waals surface area (Å²) in [7, 11) is 0. The van der Waals surface area contributed by atoms with E-state index in [1.54, 1.807) is 6.92 Å². The van der Waals surface area contributed by atoms with Gasteiger partial charge >= 0.3 is 6.18 Å². The van der Waals surface area contributed by atoms with Crippen LogP contribution in [-0.4, -0.2) is 22.4 Å². The highest BCUT2D eigenvalue weighted by molar-refractivity contribution is 5.96. The van der Waals surface area contributed by atoms with Gasteiger partial charge in [-0.3, -0.25) is 0 Å². The van der Waals surface area contributed by atoms with Crippen molar-refractivity contribution in [2.45, 2.75) is 57.9 Å².